The fourth-order valence-electron chi connectivity index (χ4n) is 3.65. The van der Waals surface area contributed by atoms with Crippen molar-refractivity contribution in [3.8, 4) is 5.75 Å². The minimum absolute atomic E-state index is 0.0184. The average molecular weight is 500 g/mol. The van der Waals surface area contributed by atoms with Crippen molar-refractivity contribution in [2.45, 2.75) is 26.4 Å². The van der Waals surface area contributed by atoms with Gasteiger partial charge in [-0.25, -0.2) is 5.43 Å². The Morgan fingerprint density at radius 3 is 2.42 bits per heavy atom. The van der Waals surface area contributed by atoms with Crippen LogP contribution in [0.5, 0.6) is 5.75 Å². The number of nitrogens with zero attached hydrogens (tertiary/aromatic N) is 1. The van der Waals surface area contributed by atoms with Gasteiger partial charge in [-0.15, -0.1) is 0 Å². The summed E-state index contributed by atoms with van der Waals surface area (Å²) in [5.41, 5.74) is 5.94. The number of ether oxygens (including phenoxy) is 1. The molecule has 2 amide bonds. The van der Waals surface area contributed by atoms with E-state index in [0.29, 0.717) is 17.4 Å². The van der Waals surface area contributed by atoms with Crippen molar-refractivity contribution >= 4 is 46.1 Å². The minimum atomic E-state index is -0.352. The molecule has 0 unspecified atom stereocenters. The van der Waals surface area contributed by atoms with E-state index in [0.717, 1.165) is 33.2 Å². The van der Waals surface area contributed by atoms with Gasteiger partial charge in [0.1, 0.15) is 12.4 Å². The van der Waals surface area contributed by atoms with Crippen LogP contribution in [0.2, 0.25) is 5.02 Å². The summed E-state index contributed by atoms with van der Waals surface area (Å²) in [5.74, 6) is 0.0599. The van der Waals surface area contributed by atoms with Crippen molar-refractivity contribution in [2.24, 2.45) is 5.10 Å². The van der Waals surface area contributed by atoms with Gasteiger partial charge in [-0.3, -0.25) is 9.59 Å². The standard InChI is InChI=1S/C29H26ClN3O3/c1-20-6-2-5-9-26(20)32-28(34)16-17-29(35)33-31-18-25-24-8-4-3-7-22(24)12-15-27(25)36-19-21-10-13-23(30)14-11-21/h2-15,18H,16-17,19H2,1H3,(H,32,34)(H,33,35). The first-order valence-corrected chi connectivity index (χ1v) is 11.9. The van der Waals surface area contributed by atoms with Crippen LogP contribution in [-0.4, -0.2) is 18.0 Å². The van der Waals surface area contributed by atoms with Crippen LogP contribution >= 0.6 is 11.6 Å². The topological polar surface area (TPSA) is 79.8 Å². The molecule has 0 saturated carbocycles. The van der Waals surface area contributed by atoms with Gasteiger partial charge in [0.15, 0.2) is 0 Å². The Bertz CT molecular complexity index is 1400. The fourth-order valence-corrected chi connectivity index (χ4v) is 3.78. The van der Waals surface area contributed by atoms with Gasteiger partial charge in [0.2, 0.25) is 11.8 Å². The summed E-state index contributed by atoms with van der Waals surface area (Å²) in [6, 6.07) is 26.7. The fraction of sp³-hybridized carbons (Fsp3) is 0.138. The molecule has 0 heterocycles. The van der Waals surface area contributed by atoms with Crippen molar-refractivity contribution in [2.75, 3.05) is 5.32 Å². The van der Waals surface area contributed by atoms with Crippen LogP contribution in [-0.2, 0) is 16.2 Å². The summed E-state index contributed by atoms with van der Waals surface area (Å²) in [4.78, 5) is 24.5. The molecular formula is C29H26ClN3O3. The third kappa shape index (κ3) is 6.71. The van der Waals surface area contributed by atoms with Crippen LogP contribution in [0, 0.1) is 6.92 Å². The number of carbonyl (C=O) groups excluding carboxylic acids is 2. The van der Waals surface area contributed by atoms with Crippen LogP contribution in [0.25, 0.3) is 10.8 Å². The number of hydrogen-bond donors (Lipinski definition) is 2. The number of halogens is 1. The van der Waals surface area contributed by atoms with E-state index in [-0.39, 0.29) is 24.7 Å². The highest BCUT2D eigenvalue weighted by atomic mass is 35.5. The van der Waals surface area contributed by atoms with E-state index in [2.05, 4.69) is 15.8 Å². The summed E-state index contributed by atoms with van der Waals surface area (Å²) in [7, 11) is 0. The normalized spacial score (nSPS) is 10.9. The Kier molecular flexibility index (Phi) is 8.32. The molecule has 0 spiro atoms. The Balaban J connectivity index is 1.39. The van der Waals surface area contributed by atoms with Gasteiger partial charge >= 0.3 is 0 Å². The largest absolute Gasteiger partial charge is 0.488 e. The molecule has 0 aliphatic carbocycles. The highest BCUT2D eigenvalue weighted by Crippen LogP contribution is 2.27. The number of hydrazone groups is 1. The summed E-state index contributed by atoms with van der Waals surface area (Å²) < 4.78 is 6.07. The van der Waals surface area contributed by atoms with Gasteiger partial charge < -0.3 is 10.1 Å². The van der Waals surface area contributed by atoms with Gasteiger partial charge in [0, 0.05) is 29.1 Å². The Morgan fingerprint density at radius 2 is 1.61 bits per heavy atom. The highest BCUT2D eigenvalue weighted by Gasteiger charge is 2.10. The molecule has 0 bridgehead atoms. The van der Waals surface area contributed by atoms with Gasteiger partial charge in [0.25, 0.3) is 0 Å². The van der Waals surface area contributed by atoms with E-state index in [1.807, 2.05) is 91.9 Å². The van der Waals surface area contributed by atoms with Crippen LogP contribution in [0.1, 0.15) is 29.5 Å². The second kappa shape index (κ2) is 12.0. The molecule has 0 atom stereocenters. The molecule has 36 heavy (non-hydrogen) atoms. The Labute approximate surface area is 214 Å². The minimum Gasteiger partial charge on any atom is -0.488 e. The zero-order chi connectivity index (χ0) is 25.3. The lowest BCUT2D eigenvalue weighted by Gasteiger charge is -2.12. The van der Waals surface area contributed by atoms with Crippen molar-refractivity contribution < 1.29 is 14.3 Å². The SMILES string of the molecule is Cc1ccccc1NC(=O)CCC(=O)NN=Cc1c(OCc2ccc(Cl)cc2)ccc2ccccc12. The summed E-state index contributed by atoms with van der Waals surface area (Å²) in [5, 5.41) is 9.60. The Hall–Kier alpha value is -4.16. The maximum atomic E-state index is 12.3. The third-order valence-electron chi connectivity index (χ3n) is 5.62. The molecule has 7 heteroatoms. The third-order valence-corrected chi connectivity index (χ3v) is 5.87. The molecule has 0 radical (unpaired) electrons. The maximum Gasteiger partial charge on any atom is 0.240 e. The van der Waals surface area contributed by atoms with Crippen molar-refractivity contribution in [3.63, 3.8) is 0 Å². The average Bonchev–Trinajstić information content (AvgIpc) is 2.89. The zero-order valence-corrected chi connectivity index (χ0v) is 20.6. The number of rotatable bonds is 9. The number of fused-ring (bicyclic) bond motifs is 1. The number of nitrogens with one attached hydrogen (secondary N) is 2. The number of anilines is 1. The first-order valence-electron chi connectivity index (χ1n) is 11.6. The maximum absolute atomic E-state index is 12.3. The number of hydrogen-bond acceptors (Lipinski definition) is 4. The van der Waals surface area contributed by atoms with Gasteiger partial charge in [-0.1, -0.05) is 72.3 Å². The molecule has 0 saturated heterocycles. The van der Waals surface area contributed by atoms with Crippen molar-refractivity contribution in [1.82, 2.24) is 5.43 Å². The van der Waals surface area contributed by atoms with E-state index in [1.54, 1.807) is 6.21 Å². The lowest BCUT2D eigenvalue weighted by atomic mass is 10.0. The molecule has 2 N–H and O–H groups in total. The number of aryl methyl sites for hydroxylation is 1. The second-order valence-electron chi connectivity index (χ2n) is 8.27. The molecule has 182 valence electrons. The summed E-state index contributed by atoms with van der Waals surface area (Å²) in [6.45, 7) is 2.27. The number of amides is 2. The molecule has 0 fully saturated rings. The van der Waals surface area contributed by atoms with E-state index < -0.39 is 0 Å². The first kappa shape index (κ1) is 24.9. The molecule has 4 aromatic rings. The van der Waals surface area contributed by atoms with Crippen molar-refractivity contribution in [1.29, 1.82) is 0 Å². The van der Waals surface area contributed by atoms with Crippen LogP contribution in [0.3, 0.4) is 0 Å². The van der Waals surface area contributed by atoms with E-state index in [1.165, 1.54) is 0 Å². The van der Waals surface area contributed by atoms with E-state index in [9.17, 15) is 9.59 Å². The first-order chi connectivity index (χ1) is 17.5. The molecule has 4 rings (SSSR count). The lowest BCUT2D eigenvalue weighted by molar-refractivity contribution is -0.124. The monoisotopic (exact) mass is 499 g/mol. The summed E-state index contributed by atoms with van der Waals surface area (Å²) >= 11 is 5.97. The number of benzene rings is 4. The Morgan fingerprint density at radius 1 is 0.889 bits per heavy atom. The van der Waals surface area contributed by atoms with E-state index in [4.69, 9.17) is 16.3 Å². The molecule has 0 aliphatic heterocycles. The predicted octanol–water partition coefficient (Wildman–Crippen LogP) is 6.25. The smallest absolute Gasteiger partial charge is 0.240 e. The molecule has 0 aromatic heterocycles. The molecule has 4 aromatic carbocycles. The van der Waals surface area contributed by atoms with Crippen LogP contribution < -0.4 is 15.5 Å². The van der Waals surface area contributed by atoms with Gasteiger partial charge in [0.05, 0.1) is 6.21 Å². The predicted molar refractivity (Wildman–Crippen MR) is 145 cm³/mol. The molecule has 6 nitrogen and oxygen atoms in total. The molecular weight excluding hydrogens is 474 g/mol. The van der Waals surface area contributed by atoms with Crippen LogP contribution in [0.4, 0.5) is 5.69 Å². The van der Waals surface area contributed by atoms with E-state index >= 15 is 0 Å². The molecule has 0 aliphatic rings. The summed E-state index contributed by atoms with van der Waals surface area (Å²) in [6.07, 6.45) is 1.65. The second-order valence-corrected chi connectivity index (χ2v) is 8.71. The van der Waals surface area contributed by atoms with Crippen molar-refractivity contribution in [3.05, 3.63) is 107 Å². The highest BCUT2D eigenvalue weighted by molar-refractivity contribution is 6.30. The van der Waals surface area contributed by atoms with Gasteiger partial charge in [-0.05, 0) is 53.1 Å². The lowest BCUT2D eigenvalue weighted by Crippen LogP contribution is -2.21. The number of para-hydroxylation sites is 1. The quantitative estimate of drug-likeness (QED) is 0.211. The van der Waals surface area contributed by atoms with Gasteiger partial charge in [-0.2, -0.15) is 5.10 Å². The number of carbonyl (C=O) groups is 2. The zero-order valence-electron chi connectivity index (χ0n) is 19.8. The van der Waals surface area contributed by atoms with Crippen LogP contribution in [0.15, 0.2) is 90.0 Å².